The topological polar surface area (TPSA) is 59.1 Å². The summed E-state index contributed by atoms with van der Waals surface area (Å²) < 4.78 is 0. The van der Waals surface area contributed by atoms with Crippen LogP contribution in [0.3, 0.4) is 0 Å². The van der Waals surface area contributed by atoms with Crippen molar-refractivity contribution in [3.8, 4) is 0 Å². The first-order valence-corrected chi connectivity index (χ1v) is 6.55. The molecule has 0 aliphatic rings. The van der Waals surface area contributed by atoms with Crippen LogP contribution >= 0.6 is 11.6 Å². The minimum atomic E-state index is -0.687. The fourth-order valence-corrected chi connectivity index (χ4v) is 2.37. The van der Waals surface area contributed by atoms with Gasteiger partial charge >= 0.3 is 0 Å². The van der Waals surface area contributed by atoms with Crippen molar-refractivity contribution in [2.24, 2.45) is 5.73 Å². The summed E-state index contributed by atoms with van der Waals surface area (Å²) in [5.41, 5.74) is 8.55. The van der Waals surface area contributed by atoms with Gasteiger partial charge in [-0.25, -0.2) is 0 Å². The molecule has 0 radical (unpaired) electrons. The molecule has 100 valence electrons. The van der Waals surface area contributed by atoms with E-state index in [0.717, 1.165) is 16.7 Å². The van der Waals surface area contributed by atoms with Gasteiger partial charge in [0, 0.05) is 29.9 Å². The summed E-state index contributed by atoms with van der Waals surface area (Å²) in [6, 6.07) is 9.27. The first kappa shape index (κ1) is 14.0. The Hall–Kier alpha value is -1.42. The molecule has 1 heterocycles. The van der Waals surface area contributed by atoms with E-state index in [9.17, 15) is 5.11 Å². The summed E-state index contributed by atoms with van der Waals surface area (Å²) in [5.74, 6) is -0.189. The van der Waals surface area contributed by atoms with Crippen LogP contribution in [0.5, 0.6) is 0 Å². The number of hydrogen-bond acceptors (Lipinski definition) is 3. The third kappa shape index (κ3) is 3.13. The highest BCUT2D eigenvalue weighted by Gasteiger charge is 2.23. The number of nitrogens with two attached hydrogens (primary N) is 1. The van der Waals surface area contributed by atoms with Crippen LogP contribution in [0, 0.1) is 6.92 Å². The molecule has 0 aliphatic carbocycles. The quantitative estimate of drug-likeness (QED) is 0.903. The van der Waals surface area contributed by atoms with Crippen LogP contribution in [-0.4, -0.2) is 16.6 Å². The second-order valence-corrected chi connectivity index (χ2v) is 5.01. The van der Waals surface area contributed by atoms with Crippen molar-refractivity contribution in [2.75, 3.05) is 6.54 Å². The van der Waals surface area contributed by atoms with Crippen molar-refractivity contribution in [3.05, 3.63) is 64.4 Å². The highest BCUT2D eigenvalue weighted by Crippen LogP contribution is 2.32. The fourth-order valence-electron chi connectivity index (χ4n) is 2.19. The van der Waals surface area contributed by atoms with Gasteiger partial charge in [-0.05, 0) is 41.8 Å². The molecule has 1 aromatic heterocycles. The molecule has 0 fully saturated rings. The lowest BCUT2D eigenvalue weighted by Crippen LogP contribution is -2.21. The summed E-state index contributed by atoms with van der Waals surface area (Å²) in [5, 5.41) is 11.2. The number of aromatic nitrogens is 1. The Kier molecular flexibility index (Phi) is 4.53. The van der Waals surface area contributed by atoms with Crippen LogP contribution < -0.4 is 5.73 Å². The molecule has 0 aliphatic heterocycles. The van der Waals surface area contributed by atoms with E-state index >= 15 is 0 Å². The first-order chi connectivity index (χ1) is 9.13. The molecule has 0 bridgehead atoms. The number of nitrogens with zero attached hydrogens (tertiary/aromatic N) is 1. The fraction of sp³-hybridized carbons (Fsp3) is 0.267. The number of benzene rings is 1. The van der Waals surface area contributed by atoms with E-state index in [4.69, 9.17) is 17.3 Å². The van der Waals surface area contributed by atoms with E-state index in [1.54, 1.807) is 18.5 Å². The Labute approximate surface area is 118 Å². The molecule has 4 heteroatoms. The standard InChI is InChI=1S/C15H17ClN2O/c1-10-4-5-12(16)7-13(10)15(19)14(8-17)11-3-2-6-18-9-11/h2-7,9,14-15,19H,8,17H2,1H3. The van der Waals surface area contributed by atoms with E-state index in [-0.39, 0.29) is 5.92 Å². The van der Waals surface area contributed by atoms with Gasteiger partial charge < -0.3 is 10.8 Å². The predicted octanol–water partition coefficient (Wildman–Crippen LogP) is 2.82. The van der Waals surface area contributed by atoms with Gasteiger partial charge in [0.2, 0.25) is 0 Å². The van der Waals surface area contributed by atoms with Crippen LogP contribution in [0.1, 0.15) is 28.7 Å². The van der Waals surface area contributed by atoms with E-state index in [0.29, 0.717) is 11.6 Å². The second kappa shape index (κ2) is 6.15. The third-order valence-corrected chi connectivity index (χ3v) is 3.54. The second-order valence-electron chi connectivity index (χ2n) is 4.57. The highest BCUT2D eigenvalue weighted by atomic mass is 35.5. The molecular formula is C15H17ClN2O. The van der Waals surface area contributed by atoms with E-state index in [2.05, 4.69) is 4.98 Å². The monoisotopic (exact) mass is 276 g/mol. The van der Waals surface area contributed by atoms with Crippen LogP contribution in [-0.2, 0) is 0 Å². The average molecular weight is 277 g/mol. The molecule has 3 nitrogen and oxygen atoms in total. The summed E-state index contributed by atoms with van der Waals surface area (Å²) in [7, 11) is 0. The molecule has 2 atom stereocenters. The van der Waals surface area contributed by atoms with Crippen molar-refractivity contribution in [1.82, 2.24) is 4.98 Å². The van der Waals surface area contributed by atoms with Crippen LogP contribution in [0.15, 0.2) is 42.7 Å². The smallest absolute Gasteiger partial charge is 0.0874 e. The Bertz CT molecular complexity index is 545. The minimum absolute atomic E-state index is 0.189. The maximum Gasteiger partial charge on any atom is 0.0874 e. The molecule has 2 unspecified atom stereocenters. The summed E-state index contributed by atoms with van der Waals surface area (Å²) >= 11 is 6.00. The maximum atomic E-state index is 10.6. The molecule has 2 aromatic rings. The van der Waals surface area contributed by atoms with Gasteiger partial charge in [0.05, 0.1) is 6.10 Å². The van der Waals surface area contributed by atoms with Crippen LogP contribution in [0.4, 0.5) is 0 Å². The van der Waals surface area contributed by atoms with Gasteiger partial charge in [-0.1, -0.05) is 23.7 Å². The van der Waals surface area contributed by atoms with E-state index in [1.807, 2.05) is 31.2 Å². The number of hydrogen-bond donors (Lipinski definition) is 2. The van der Waals surface area contributed by atoms with Crippen molar-refractivity contribution in [3.63, 3.8) is 0 Å². The number of pyridine rings is 1. The molecule has 0 saturated carbocycles. The van der Waals surface area contributed by atoms with Crippen LogP contribution in [0.2, 0.25) is 5.02 Å². The molecule has 0 spiro atoms. The van der Waals surface area contributed by atoms with Gasteiger partial charge in [-0.3, -0.25) is 4.98 Å². The van der Waals surface area contributed by atoms with Gasteiger partial charge in [0.25, 0.3) is 0 Å². The van der Waals surface area contributed by atoms with Gasteiger partial charge in [-0.15, -0.1) is 0 Å². The summed E-state index contributed by atoms with van der Waals surface area (Å²) in [6.45, 7) is 2.30. The van der Waals surface area contributed by atoms with Crippen molar-refractivity contribution >= 4 is 11.6 Å². The SMILES string of the molecule is Cc1ccc(Cl)cc1C(O)C(CN)c1cccnc1. The number of rotatable bonds is 4. The predicted molar refractivity (Wildman–Crippen MR) is 77.2 cm³/mol. The molecule has 3 N–H and O–H groups in total. The lowest BCUT2D eigenvalue weighted by atomic mass is 9.88. The number of aliphatic hydroxyl groups is 1. The molecule has 19 heavy (non-hydrogen) atoms. The lowest BCUT2D eigenvalue weighted by Gasteiger charge is -2.23. The molecule has 1 aromatic carbocycles. The third-order valence-electron chi connectivity index (χ3n) is 3.31. The minimum Gasteiger partial charge on any atom is -0.388 e. The zero-order valence-electron chi connectivity index (χ0n) is 10.8. The number of aryl methyl sites for hydroxylation is 1. The summed E-state index contributed by atoms with van der Waals surface area (Å²) in [6.07, 6.45) is 2.75. The lowest BCUT2D eigenvalue weighted by molar-refractivity contribution is 0.146. The Morgan fingerprint density at radius 3 is 2.79 bits per heavy atom. The van der Waals surface area contributed by atoms with Crippen molar-refractivity contribution in [2.45, 2.75) is 18.9 Å². The molecule has 0 saturated heterocycles. The first-order valence-electron chi connectivity index (χ1n) is 6.17. The largest absolute Gasteiger partial charge is 0.388 e. The number of halogens is 1. The Morgan fingerprint density at radius 1 is 1.37 bits per heavy atom. The normalized spacial score (nSPS) is 14.1. The number of aliphatic hydroxyl groups excluding tert-OH is 1. The van der Waals surface area contributed by atoms with Crippen molar-refractivity contribution < 1.29 is 5.11 Å². The molecular weight excluding hydrogens is 260 g/mol. The van der Waals surface area contributed by atoms with Gasteiger partial charge in [0.15, 0.2) is 0 Å². The van der Waals surface area contributed by atoms with Gasteiger partial charge in [-0.2, -0.15) is 0 Å². The highest BCUT2D eigenvalue weighted by molar-refractivity contribution is 6.30. The Balaban J connectivity index is 2.36. The Morgan fingerprint density at radius 2 is 2.16 bits per heavy atom. The average Bonchev–Trinajstić information content (AvgIpc) is 2.43. The molecule has 2 rings (SSSR count). The van der Waals surface area contributed by atoms with Crippen LogP contribution in [0.25, 0.3) is 0 Å². The van der Waals surface area contributed by atoms with Gasteiger partial charge in [0.1, 0.15) is 0 Å². The van der Waals surface area contributed by atoms with E-state index < -0.39 is 6.10 Å². The zero-order valence-corrected chi connectivity index (χ0v) is 11.5. The maximum absolute atomic E-state index is 10.6. The van der Waals surface area contributed by atoms with E-state index in [1.165, 1.54) is 0 Å². The van der Waals surface area contributed by atoms with Crippen molar-refractivity contribution in [1.29, 1.82) is 0 Å². The zero-order chi connectivity index (χ0) is 13.8. The summed E-state index contributed by atoms with van der Waals surface area (Å²) in [4.78, 5) is 4.08. The molecule has 0 amide bonds.